The van der Waals surface area contributed by atoms with Gasteiger partial charge in [-0.1, -0.05) is 74.4 Å². The topological polar surface area (TPSA) is 12.9 Å². The van der Waals surface area contributed by atoms with Gasteiger partial charge in [0.15, 0.2) is 0 Å². The van der Waals surface area contributed by atoms with Crippen molar-refractivity contribution in [1.82, 2.24) is 4.98 Å². The molecule has 2 heteroatoms. The Kier molecular flexibility index (Phi) is 7.43. The minimum Gasteiger partial charge on any atom is -0.241 e. The molecule has 1 heterocycles. The van der Waals surface area contributed by atoms with Crippen LogP contribution >= 0.6 is 11.3 Å². The van der Waals surface area contributed by atoms with E-state index in [4.69, 9.17) is 0 Å². The zero-order valence-electron chi connectivity index (χ0n) is 14.7. The smallest absolute Gasteiger partial charge is 0.0992 e. The van der Waals surface area contributed by atoms with Crippen molar-refractivity contribution >= 4 is 21.6 Å². The summed E-state index contributed by atoms with van der Waals surface area (Å²) in [6.07, 6.45) is 0. The molecule has 20 heavy (non-hydrogen) atoms. The highest BCUT2D eigenvalue weighted by Crippen LogP contribution is 2.30. The van der Waals surface area contributed by atoms with Crippen LogP contribution in [0.4, 0.5) is 0 Å². The standard InChI is InChI=1S/C11H13NS.C5H12.C2H6/c1-11(2,3)10-12-8-6-4-5-7-9(8)13-10;1-5(2,3)4;1-2/h4-7H,1-3H3;1-4H3;1-2H3. The van der Waals surface area contributed by atoms with Crippen LogP contribution in [-0.4, -0.2) is 4.98 Å². The largest absolute Gasteiger partial charge is 0.241 e. The Labute approximate surface area is 129 Å². The lowest BCUT2D eigenvalue weighted by Gasteiger charge is -2.13. The molecular formula is C18H31NS. The third-order valence-electron chi connectivity index (χ3n) is 1.94. The summed E-state index contributed by atoms with van der Waals surface area (Å²) in [4.78, 5) is 4.60. The van der Waals surface area contributed by atoms with Crippen LogP contribution in [0.25, 0.3) is 10.2 Å². The van der Waals surface area contributed by atoms with Gasteiger partial charge in [0.2, 0.25) is 0 Å². The molecule has 0 aliphatic carbocycles. The molecule has 0 aliphatic heterocycles. The quantitative estimate of drug-likeness (QED) is 0.528. The summed E-state index contributed by atoms with van der Waals surface area (Å²) in [5, 5.41) is 1.22. The first-order valence-corrected chi connectivity index (χ1v) is 8.25. The van der Waals surface area contributed by atoms with Crippen LogP contribution in [0.1, 0.15) is 67.3 Å². The van der Waals surface area contributed by atoms with E-state index >= 15 is 0 Å². The second-order valence-electron chi connectivity index (χ2n) is 7.24. The number of aromatic nitrogens is 1. The zero-order valence-corrected chi connectivity index (χ0v) is 15.5. The van der Waals surface area contributed by atoms with E-state index < -0.39 is 0 Å². The highest BCUT2D eigenvalue weighted by molar-refractivity contribution is 7.18. The van der Waals surface area contributed by atoms with Gasteiger partial charge in [-0.15, -0.1) is 11.3 Å². The summed E-state index contributed by atoms with van der Waals surface area (Å²) in [6, 6.07) is 8.30. The van der Waals surface area contributed by atoms with Crippen LogP contribution in [0, 0.1) is 5.41 Å². The molecule has 2 aromatic rings. The molecule has 0 fully saturated rings. The van der Waals surface area contributed by atoms with Gasteiger partial charge in [0.05, 0.1) is 15.2 Å². The summed E-state index contributed by atoms with van der Waals surface area (Å²) in [5.74, 6) is 0. The number of hydrogen-bond donors (Lipinski definition) is 0. The second kappa shape index (κ2) is 7.78. The van der Waals surface area contributed by atoms with Gasteiger partial charge < -0.3 is 0 Å². The molecule has 0 bridgehead atoms. The van der Waals surface area contributed by atoms with Crippen molar-refractivity contribution < 1.29 is 0 Å². The Morgan fingerprint density at radius 3 is 1.70 bits per heavy atom. The summed E-state index contributed by atoms with van der Waals surface area (Å²) >= 11 is 1.79. The van der Waals surface area contributed by atoms with Crippen LogP contribution in [0.3, 0.4) is 0 Å². The van der Waals surface area contributed by atoms with Gasteiger partial charge in [0, 0.05) is 5.41 Å². The maximum atomic E-state index is 4.60. The molecular weight excluding hydrogens is 262 g/mol. The molecule has 0 N–H and O–H groups in total. The van der Waals surface area contributed by atoms with E-state index in [-0.39, 0.29) is 5.41 Å². The van der Waals surface area contributed by atoms with Crippen molar-refractivity contribution in [3.8, 4) is 0 Å². The van der Waals surface area contributed by atoms with Crippen LogP contribution < -0.4 is 0 Å². The third-order valence-corrected chi connectivity index (χ3v) is 3.40. The lowest BCUT2D eigenvalue weighted by atomic mass is 9.98. The fourth-order valence-electron chi connectivity index (χ4n) is 1.19. The Morgan fingerprint density at radius 1 is 0.850 bits per heavy atom. The van der Waals surface area contributed by atoms with Gasteiger partial charge >= 0.3 is 0 Å². The fraction of sp³-hybridized carbons (Fsp3) is 0.611. The van der Waals surface area contributed by atoms with Crippen LogP contribution in [-0.2, 0) is 5.41 Å². The molecule has 114 valence electrons. The summed E-state index contributed by atoms with van der Waals surface area (Å²) < 4.78 is 1.28. The average molecular weight is 294 g/mol. The molecule has 1 nitrogen and oxygen atoms in total. The molecule has 0 spiro atoms. The molecule has 1 aromatic carbocycles. The van der Waals surface area contributed by atoms with Crippen molar-refractivity contribution in [3.05, 3.63) is 29.3 Å². The minimum atomic E-state index is 0.170. The van der Waals surface area contributed by atoms with E-state index in [1.807, 2.05) is 19.9 Å². The van der Waals surface area contributed by atoms with Crippen molar-refractivity contribution in [2.45, 2.75) is 67.7 Å². The number of thiazole rings is 1. The normalized spacial score (nSPS) is 11.2. The van der Waals surface area contributed by atoms with Crippen molar-refractivity contribution in [2.75, 3.05) is 0 Å². The highest BCUT2D eigenvalue weighted by atomic mass is 32.1. The fourth-order valence-corrected chi connectivity index (χ4v) is 2.22. The van der Waals surface area contributed by atoms with E-state index in [9.17, 15) is 0 Å². The van der Waals surface area contributed by atoms with Gasteiger partial charge in [0.25, 0.3) is 0 Å². The molecule has 0 unspecified atom stereocenters. The number of hydrogen-bond acceptors (Lipinski definition) is 2. The maximum absolute atomic E-state index is 4.60. The molecule has 1 aromatic heterocycles. The van der Waals surface area contributed by atoms with Crippen molar-refractivity contribution in [2.24, 2.45) is 5.41 Å². The monoisotopic (exact) mass is 293 g/mol. The molecule has 0 radical (unpaired) electrons. The molecule has 0 amide bonds. The van der Waals surface area contributed by atoms with Gasteiger partial charge in [0.1, 0.15) is 0 Å². The number of benzene rings is 1. The number of nitrogens with zero attached hydrogens (tertiary/aromatic N) is 1. The van der Waals surface area contributed by atoms with Crippen LogP contribution in [0.2, 0.25) is 0 Å². The Bertz CT molecular complexity index is 459. The highest BCUT2D eigenvalue weighted by Gasteiger charge is 2.18. The van der Waals surface area contributed by atoms with E-state index in [1.165, 1.54) is 9.71 Å². The first-order chi connectivity index (χ1) is 9.07. The third kappa shape index (κ3) is 7.64. The molecule has 0 saturated carbocycles. The predicted octanol–water partition coefficient (Wildman–Crippen LogP) is 6.67. The predicted molar refractivity (Wildman–Crippen MR) is 94.8 cm³/mol. The maximum Gasteiger partial charge on any atom is 0.0992 e. The Morgan fingerprint density at radius 2 is 1.30 bits per heavy atom. The van der Waals surface area contributed by atoms with Crippen molar-refractivity contribution in [1.29, 1.82) is 0 Å². The molecule has 2 rings (SSSR count). The van der Waals surface area contributed by atoms with Gasteiger partial charge in [-0.05, 0) is 17.5 Å². The van der Waals surface area contributed by atoms with E-state index in [0.29, 0.717) is 5.41 Å². The number of rotatable bonds is 0. The Balaban J connectivity index is 0.000000441. The van der Waals surface area contributed by atoms with Crippen molar-refractivity contribution in [3.63, 3.8) is 0 Å². The molecule has 0 saturated heterocycles. The summed E-state index contributed by atoms with van der Waals surface area (Å²) in [5.41, 5.74) is 1.79. The zero-order chi connectivity index (χ0) is 16.0. The minimum absolute atomic E-state index is 0.170. The van der Waals surface area contributed by atoms with Gasteiger partial charge in [-0.3, -0.25) is 0 Å². The van der Waals surface area contributed by atoms with Crippen LogP contribution in [0.5, 0.6) is 0 Å². The lowest BCUT2D eigenvalue weighted by Crippen LogP contribution is -2.09. The molecule has 0 atom stereocenters. The van der Waals surface area contributed by atoms with Crippen LogP contribution in [0.15, 0.2) is 24.3 Å². The first kappa shape index (κ1) is 19.1. The average Bonchev–Trinajstić information content (AvgIpc) is 2.72. The first-order valence-electron chi connectivity index (χ1n) is 7.43. The SMILES string of the molecule is CC.CC(C)(C)C.CC(C)(C)c1nc2ccccc2s1. The summed E-state index contributed by atoms with van der Waals surface area (Å²) in [6.45, 7) is 19.3. The summed E-state index contributed by atoms with van der Waals surface area (Å²) in [7, 11) is 0. The van der Waals surface area contributed by atoms with E-state index in [0.717, 1.165) is 5.52 Å². The van der Waals surface area contributed by atoms with Gasteiger partial charge in [-0.25, -0.2) is 4.98 Å². The second-order valence-corrected chi connectivity index (χ2v) is 8.27. The lowest BCUT2D eigenvalue weighted by molar-refractivity contribution is 0.469. The Hall–Kier alpha value is -0.890. The van der Waals surface area contributed by atoms with E-state index in [2.05, 4.69) is 71.6 Å². The molecule has 0 aliphatic rings. The number of fused-ring (bicyclic) bond motifs is 1. The van der Waals surface area contributed by atoms with E-state index in [1.54, 1.807) is 11.3 Å². The van der Waals surface area contributed by atoms with Gasteiger partial charge in [-0.2, -0.15) is 0 Å². The number of para-hydroxylation sites is 1.